The molecule has 8 nitrogen and oxygen atoms in total. The summed E-state index contributed by atoms with van der Waals surface area (Å²) in [5.41, 5.74) is 0.931. The van der Waals surface area contributed by atoms with Crippen LogP contribution in [0.2, 0.25) is 0 Å². The lowest BCUT2D eigenvalue weighted by Gasteiger charge is -2.18. The lowest BCUT2D eigenvalue weighted by Crippen LogP contribution is -2.34. The first-order valence-electron chi connectivity index (χ1n) is 6.72. The molecule has 0 heterocycles. The summed E-state index contributed by atoms with van der Waals surface area (Å²) >= 11 is 0. The topological polar surface area (TPSA) is 118 Å². The molecule has 0 radical (unpaired) electrons. The number of ether oxygens (including phenoxy) is 2. The van der Waals surface area contributed by atoms with Gasteiger partial charge in [0.15, 0.2) is 0 Å². The largest absolute Gasteiger partial charge is 0.496 e. The number of rotatable bonds is 5. The molecule has 1 aromatic rings. The maximum atomic E-state index is 11.8. The summed E-state index contributed by atoms with van der Waals surface area (Å²) in [7, 11) is 1.52. The molecule has 1 rings (SSSR count). The Morgan fingerprint density at radius 2 is 2.17 bits per heavy atom. The van der Waals surface area contributed by atoms with Crippen molar-refractivity contribution in [2.45, 2.75) is 13.8 Å². The molecule has 8 heteroatoms. The Kier molecular flexibility index (Phi) is 6.58. The van der Waals surface area contributed by atoms with Crippen LogP contribution in [-0.2, 0) is 9.53 Å². The number of hydrogen-bond acceptors (Lipinski definition) is 7. The molecular weight excluding hydrogens is 300 g/mol. The maximum Gasteiger partial charge on any atom is 0.414 e. The second-order valence-corrected chi connectivity index (χ2v) is 4.34. The quantitative estimate of drug-likeness (QED) is 0.364. The van der Waals surface area contributed by atoms with E-state index in [1.165, 1.54) is 7.11 Å². The van der Waals surface area contributed by atoms with Crippen LogP contribution in [0.15, 0.2) is 30.0 Å². The van der Waals surface area contributed by atoms with Gasteiger partial charge in [-0.15, -0.1) is 0 Å². The first kappa shape index (κ1) is 18.0. The molecule has 0 aliphatic heterocycles. The number of amides is 2. The van der Waals surface area contributed by atoms with Crippen molar-refractivity contribution < 1.29 is 19.1 Å². The van der Waals surface area contributed by atoms with Crippen molar-refractivity contribution in [2.24, 2.45) is 5.84 Å². The van der Waals surface area contributed by atoms with Crippen LogP contribution < -0.4 is 20.9 Å². The summed E-state index contributed by atoms with van der Waals surface area (Å²) < 4.78 is 9.76. The van der Waals surface area contributed by atoms with Gasteiger partial charge in [-0.25, -0.2) is 10.6 Å². The van der Waals surface area contributed by atoms with Crippen molar-refractivity contribution in [1.29, 1.82) is 5.26 Å². The third-order valence-corrected chi connectivity index (χ3v) is 2.88. The first-order chi connectivity index (χ1) is 10.9. The minimum Gasteiger partial charge on any atom is -0.496 e. The van der Waals surface area contributed by atoms with Crippen LogP contribution in [-0.4, -0.2) is 25.7 Å². The lowest BCUT2D eigenvalue weighted by atomic mass is 10.1. The van der Waals surface area contributed by atoms with Gasteiger partial charge in [0.2, 0.25) is 0 Å². The van der Waals surface area contributed by atoms with Gasteiger partial charge in [-0.2, -0.15) is 5.26 Å². The van der Waals surface area contributed by atoms with E-state index >= 15 is 0 Å². The van der Waals surface area contributed by atoms with E-state index in [0.29, 0.717) is 11.4 Å². The molecule has 0 saturated carbocycles. The smallest absolute Gasteiger partial charge is 0.414 e. The fourth-order valence-electron chi connectivity index (χ4n) is 1.78. The third-order valence-electron chi connectivity index (χ3n) is 2.88. The highest BCUT2D eigenvalue weighted by atomic mass is 16.5. The number of carbonyl (C=O) groups is 2. The Bertz CT molecular complexity index is 664. The fraction of sp³-hybridized carbons (Fsp3) is 0.267. The Morgan fingerprint density at radius 3 is 2.74 bits per heavy atom. The number of nitrogens with zero attached hydrogens (tertiary/aromatic N) is 2. The van der Waals surface area contributed by atoms with Crippen LogP contribution in [0.5, 0.6) is 5.75 Å². The maximum absolute atomic E-state index is 11.8. The van der Waals surface area contributed by atoms with Crippen molar-refractivity contribution in [1.82, 2.24) is 5.32 Å². The molecule has 3 N–H and O–H groups in total. The molecule has 0 saturated heterocycles. The van der Waals surface area contributed by atoms with Crippen molar-refractivity contribution in [3.8, 4) is 11.8 Å². The van der Waals surface area contributed by atoms with Gasteiger partial charge >= 0.3 is 6.09 Å². The number of nitrogens with two attached hydrogens (primary N) is 1. The van der Waals surface area contributed by atoms with E-state index < -0.39 is 12.0 Å². The molecule has 23 heavy (non-hydrogen) atoms. The van der Waals surface area contributed by atoms with Gasteiger partial charge in [-0.05, 0) is 26.0 Å². The van der Waals surface area contributed by atoms with E-state index in [-0.39, 0.29) is 12.2 Å². The number of nitriles is 1. The number of anilines is 1. The minimum absolute atomic E-state index is 0.108. The second-order valence-electron chi connectivity index (χ2n) is 4.34. The number of benzene rings is 1. The number of hydrogen-bond donors (Lipinski definition) is 2. The number of alkyl carbamates (subject to hydrolysis) is 1. The number of methoxy groups -OCH3 is 1. The van der Waals surface area contributed by atoms with Crippen LogP contribution in [0.25, 0.3) is 0 Å². The van der Waals surface area contributed by atoms with Gasteiger partial charge in [0, 0.05) is 11.8 Å². The summed E-state index contributed by atoms with van der Waals surface area (Å²) in [4.78, 5) is 23.0. The molecule has 1 aromatic carbocycles. The lowest BCUT2D eigenvalue weighted by molar-refractivity contribution is -0.116. The molecule has 0 aromatic heterocycles. The predicted molar refractivity (Wildman–Crippen MR) is 83.3 cm³/mol. The van der Waals surface area contributed by atoms with Crippen molar-refractivity contribution in [2.75, 3.05) is 18.7 Å². The summed E-state index contributed by atoms with van der Waals surface area (Å²) in [6.45, 7) is 3.49. The molecule has 122 valence electrons. The Balaban J connectivity index is 3.00. The normalized spacial score (nSPS) is 10.5. The van der Waals surface area contributed by atoms with Crippen LogP contribution in [0.1, 0.15) is 12.5 Å². The predicted octanol–water partition coefficient (Wildman–Crippen LogP) is 1.36. The Morgan fingerprint density at radius 1 is 1.48 bits per heavy atom. The molecule has 0 atom stereocenters. The molecule has 0 aliphatic rings. The van der Waals surface area contributed by atoms with Crippen molar-refractivity contribution >= 4 is 17.7 Å². The van der Waals surface area contributed by atoms with E-state index in [4.69, 9.17) is 15.8 Å². The molecule has 0 spiro atoms. The average Bonchev–Trinajstić information content (AvgIpc) is 2.52. The van der Waals surface area contributed by atoms with Gasteiger partial charge in [-0.1, -0.05) is 6.07 Å². The SMILES string of the molecule is CCOC(=O)NC(=O)/C(C#N)=C\N(N)c1cccc(OC)c1C. The van der Waals surface area contributed by atoms with E-state index in [1.807, 2.05) is 5.32 Å². The van der Waals surface area contributed by atoms with Crippen LogP contribution in [0.4, 0.5) is 10.5 Å². The van der Waals surface area contributed by atoms with Gasteiger partial charge in [-0.3, -0.25) is 15.1 Å². The summed E-state index contributed by atoms with van der Waals surface area (Å²) in [5.74, 6) is 5.59. The number of carbonyl (C=O) groups excluding carboxylic acids is 2. The minimum atomic E-state index is -0.931. The standard InChI is InChI=1S/C15H18N4O4/c1-4-23-15(21)18-14(20)11(8-16)9-19(17)12-6-5-7-13(22-3)10(12)2/h5-7,9H,4,17H2,1-3H3,(H,18,20,21)/b11-9-. The van der Waals surface area contributed by atoms with E-state index in [1.54, 1.807) is 38.1 Å². The zero-order valence-electron chi connectivity index (χ0n) is 13.1. The molecule has 0 fully saturated rings. The number of hydrazine groups is 1. The highest BCUT2D eigenvalue weighted by Crippen LogP contribution is 2.27. The van der Waals surface area contributed by atoms with Crippen molar-refractivity contribution in [3.05, 3.63) is 35.5 Å². The first-order valence-corrected chi connectivity index (χ1v) is 6.72. The Labute approximate surface area is 134 Å². The van der Waals surface area contributed by atoms with Crippen LogP contribution in [0.3, 0.4) is 0 Å². The molecule has 2 amide bonds. The highest BCUT2D eigenvalue weighted by molar-refractivity contribution is 6.05. The summed E-state index contributed by atoms with van der Waals surface area (Å²) in [6.07, 6.45) is 0.191. The van der Waals surface area contributed by atoms with Gasteiger partial charge in [0.1, 0.15) is 17.4 Å². The molecule has 0 unspecified atom stereocenters. The van der Waals surface area contributed by atoms with Crippen molar-refractivity contribution in [3.63, 3.8) is 0 Å². The van der Waals surface area contributed by atoms with E-state index in [2.05, 4.69) is 4.74 Å². The van der Waals surface area contributed by atoms with Gasteiger partial charge in [0.25, 0.3) is 5.91 Å². The third kappa shape index (κ3) is 4.72. The molecule has 0 aliphatic carbocycles. The van der Waals surface area contributed by atoms with E-state index in [0.717, 1.165) is 16.8 Å². The molecular formula is C15H18N4O4. The highest BCUT2D eigenvalue weighted by Gasteiger charge is 2.16. The average molecular weight is 318 g/mol. The van der Waals surface area contributed by atoms with Gasteiger partial charge < -0.3 is 9.47 Å². The number of nitrogens with one attached hydrogen (secondary N) is 1. The monoisotopic (exact) mass is 318 g/mol. The van der Waals surface area contributed by atoms with Crippen LogP contribution >= 0.6 is 0 Å². The fourth-order valence-corrected chi connectivity index (χ4v) is 1.78. The Hall–Kier alpha value is -3.05. The summed E-state index contributed by atoms with van der Waals surface area (Å²) in [6, 6.07) is 6.87. The molecule has 0 bridgehead atoms. The number of imide groups is 1. The second kappa shape index (κ2) is 8.41. The summed E-state index contributed by atoms with van der Waals surface area (Å²) in [5, 5.41) is 12.1. The zero-order valence-corrected chi connectivity index (χ0v) is 13.1. The van der Waals surface area contributed by atoms with Gasteiger partial charge in [0.05, 0.1) is 19.4 Å². The van der Waals surface area contributed by atoms with Crippen LogP contribution in [0, 0.1) is 18.3 Å². The zero-order chi connectivity index (χ0) is 17.4. The van der Waals surface area contributed by atoms with E-state index in [9.17, 15) is 9.59 Å².